The molecule has 2 unspecified atom stereocenters. The van der Waals surface area contributed by atoms with Crippen LogP contribution in [-0.4, -0.2) is 69.9 Å². The molecule has 39 heavy (non-hydrogen) atoms. The van der Waals surface area contributed by atoms with E-state index in [1.54, 1.807) is 17.8 Å². The Labute approximate surface area is 226 Å². The predicted octanol–water partition coefficient (Wildman–Crippen LogP) is 3.09. The van der Waals surface area contributed by atoms with Gasteiger partial charge in [-0.25, -0.2) is 14.5 Å². The van der Waals surface area contributed by atoms with Crippen molar-refractivity contribution in [1.82, 2.24) is 24.5 Å². The number of hydrogen-bond donors (Lipinski definition) is 0. The number of rotatable bonds is 6. The third-order valence-corrected chi connectivity index (χ3v) is 8.25. The lowest BCUT2D eigenvalue weighted by atomic mass is 9.87. The van der Waals surface area contributed by atoms with E-state index < -0.39 is 0 Å². The second kappa shape index (κ2) is 9.26. The molecular weight excluding hydrogens is 490 g/mol. The molecule has 0 spiro atoms. The van der Waals surface area contributed by atoms with E-state index in [0.717, 1.165) is 47.8 Å². The summed E-state index contributed by atoms with van der Waals surface area (Å²) in [5, 5.41) is 23.3. The third kappa shape index (κ3) is 4.01. The van der Waals surface area contributed by atoms with E-state index in [-0.39, 0.29) is 5.92 Å². The number of piperazine rings is 1. The fourth-order valence-electron chi connectivity index (χ4n) is 6.05. The van der Waals surface area contributed by atoms with Crippen LogP contribution in [-0.2, 0) is 6.54 Å². The minimum absolute atomic E-state index is 0.0527. The quantitative estimate of drug-likeness (QED) is 0.381. The lowest BCUT2D eigenvalue weighted by Gasteiger charge is -2.56. The van der Waals surface area contributed by atoms with Crippen LogP contribution in [0, 0.1) is 28.6 Å². The summed E-state index contributed by atoms with van der Waals surface area (Å²) in [5.74, 6) is 1.66. The normalized spacial score (nSPS) is 20.7. The predicted molar refractivity (Wildman–Crippen MR) is 145 cm³/mol. The van der Waals surface area contributed by atoms with E-state index >= 15 is 0 Å². The Balaban J connectivity index is 1.10. The Morgan fingerprint density at radius 1 is 0.974 bits per heavy atom. The maximum absolute atomic E-state index is 9.69. The van der Waals surface area contributed by atoms with Crippen LogP contribution < -0.4 is 14.5 Å². The summed E-state index contributed by atoms with van der Waals surface area (Å²) in [6.45, 7) is 4.20. The van der Waals surface area contributed by atoms with Crippen LogP contribution in [0.4, 0.5) is 11.5 Å². The maximum atomic E-state index is 9.69. The summed E-state index contributed by atoms with van der Waals surface area (Å²) < 4.78 is 6.95. The molecule has 4 aliphatic heterocycles. The zero-order valence-corrected chi connectivity index (χ0v) is 21.6. The molecule has 10 heteroatoms. The average Bonchev–Trinajstić information content (AvgIpc) is 3.38. The molecule has 0 saturated carbocycles. The smallest absolute Gasteiger partial charge is 0.212 e. The monoisotopic (exact) mass is 517 g/mol. The van der Waals surface area contributed by atoms with Crippen LogP contribution in [0.3, 0.4) is 0 Å². The molecule has 8 heterocycles. The highest BCUT2D eigenvalue weighted by Crippen LogP contribution is 2.37. The first-order valence-corrected chi connectivity index (χ1v) is 13.2. The Morgan fingerprint density at radius 3 is 2.49 bits per heavy atom. The molecule has 2 atom stereocenters. The van der Waals surface area contributed by atoms with Crippen molar-refractivity contribution in [2.45, 2.75) is 25.0 Å². The van der Waals surface area contributed by atoms with Gasteiger partial charge in [0.1, 0.15) is 11.9 Å². The van der Waals surface area contributed by atoms with Gasteiger partial charge in [-0.1, -0.05) is 6.07 Å². The first kappa shape index (κ1) is 23.4. The van der Waals surface area contributed by atoms with Crippen LogP contribution in [0.15, 0.2) is 55.1 Å². The van der Waals surface area contributed by atoms with Gasteiger partial charge in [0.25, 0.3) is 0 Å². The minimum Gasteiger partial charge on any atom is -0.481 e. The molecule has 2 bridgehead atoms. The van der Waals surface area contributed by atoms with Crippen molar-refractivity contribution < 1.29 is 4.74 Å². The van der Waals surface area contributed by atoms with Gasteiger partial charge in [-0.05, 0) is 30.2 Å². The number of piperidine rings is 1. The fourth-order valence-corrected chi connectivity index (χ4v) is 6.05. The van der Waals surface area contributed by atoms with Gasteiger partial charge < -0.3 is 14.5 Å². The summed E-state index contributed by atoms with van der Waals surface area (Å²) in [5.41, 5.74) is 5.35. The number of aromatic nitrogens is 4. The average molecular weight is 518 g/mol. The van der Waals surface area contributed by atoms with Crippen molar-refractivity contribution in [1.29, 1.82) is 10.5 Å². The molecule has 0 amide bonds. The molecule has 0 radical (unpaired) electrons. The standard InChI is InChI=1S/C29H27N9O/c1-39-28-5-2-19(10-33-28)15-37-24-6-25(37)17-36(16-24)27-4-3-21(11-32-27)26-7-23(35-13-20(8-30)14-35)18-38-29(26)22(9-31)12-34-38/h2-5,7,10-12,18,20,24-25H,6,13-17H2,1H3. The van der Waals surface area contributed by atoms with Gasteiger partial charge in [-0.3, -0.25) is 4.90 Å². The number of methoxy groups -OCH3 is 1. The van der Waals surface area contributed by atoms with Crippen molar-refractivity contribution in [3.8, 4) is 29.1 Å². The number of ether oxygens (including phenoxy) is 1. The third-order valence-electron chi connectivity index (χ3n) is 8.25. The molecule has 10 nitrogen and oxygen atoms in total. The largest absolute Gasteiger partial charge is 0.481 e. The highest BCUT2D eigenvalue weighted by Gasteiger charge is 2.44. The number of hydrogen-bond acceptors (Lipinski definition) is 9. The SMILES string of the molecule is COc1ccc(CN2C3CC2CN(c2ccc(-c4cc(N5CC(C#N)C5)cn5ncc(C#N)c45)cn2)C3)cn1. The molecule has 194 valence electrons. The first-order valence-electron chi connectivity index (χ1n) is 13.2. The highest BCUT2D eigenvalue weighted by molar-refractivity contribution is 5.86. The molecule has 4 aliphatic rings. The van der Waals surface area contributed by atoms with Crippen LogP contribution >= 0.6 is 0 Å². The maximum Gasteiger partial charge on any atom is 0.212 e. The van der Waals surface area contributed by atoms with Crippen LogP contribution in [0.25, 0.3) is 16.6 Å². The summed E-state index contributed by atoms with van der Waals surface area (Å²) in [7, 11) is 1.63. The lowest BCUT2D eigenvalue weighted by molar-refractivity contribution is -0.00876. The van der Waals surface area contributed by atoms with Gasteiger partial charge in [-0.15, -0.1) is 0 Å². The van der Waals surface area contributed by atoms with Crippen LogP contribution in [0.1, 0.15) is 17.5 Å². The van der Waals surface area contributed by atoms with Gasteiger partial charge in [0.05, 0.1) is 48.3 Å². The van der Waals surface area contributed by atoms with Crippen molar-refractivity contribution in [3.63, 3.8) is 0 Å². The lowest BCUT2D eigenvalue weighted by Crippen LogP contribution is -2.68. The van der Waals surface area contributed by atoms with Gasteiger partial charge in [0.2, 0.25) is 5.88 Å². The second-order valence-electron chi connectivity index (χ2n) is 10.5. The number of nitriles is 2. The van der Waals surface area contributed by atoms with E-state index in [1.807, 2.05) is 24.7 Å². The van der Waals surface area contributed by atoms with Crippen LogP contribution in [0.5, 0.6) is 5.88 Å². The van der Waals surface area contributed by atoms with Gasteiger partial charge in [-0.2, -0.15) is 15.6 Å². The molecule has 4 aromatic heterocycles. The van der Waals surface area contributed by atoms with E-state index in [9.17, 15) is 10.5 Å². The number of pyridine rings is 3. The Morgan fingerprint density at radius 2 is 1.82 bits per heavy atom. The van der Waals surface area contributed by atoms with Gasteiger partial charge in [0, 0.05) is 74.4 Å². The minimum atomic E-state index is 0.0527. The van der Waals surface area contributed by atoms with E-state index in [2.05, 4.69) is 61.2 Å². The Bertz CT molecular complexity index is 1600. The van der Waals surface area contributed by atoms with E-state index in [4.69, 9.17) is 9.72 Å². The summed E-state index contributed by atoms with van der Waals surface area (Å²) in [6, 6.07) is 15.9. The molecule has 4 aromatic rings. The molecular formula is C29H27N9O. The Kier molecular flexibility index (Phi) is 5.57. The number of fused-ring (bicyclic) bond motifs is 3. The van der Waals surface area contributed by atoms with E-state index in [0.29, 0.717) is 36.6 Å². The summed E-state index contributed by atoms with van der Waals surface area (Å²) in [4.78, 5) is 16.3. The Hall–Kier alpha value is -4.67. The zero-order valence-electron chi connectivity index (χ0n) is 21.6. The molecule has 0 aromatic carbocycles. The van der Waals surface area contributed by atoms with Gasteiger partial charge in [0.15, 0.2) is 0 Å². The first-order chi connectivity index (χ1) is 19.1. The van der Waals surface area contributed by atoms with Crippen molar-refractivity contribution in [2.75, 3.05) is 43.1 Å². The van der Waals surface area contributed by atoms with Crippen molar-refractivity contribution in [3.05, 3.63) is 66.2 Å². The molecule has 8 rings (SSSR count). The molecule has 0 N–H and O–H groups in total. The molecule has 4 saturated heterocycles. The highest BCUT2D eigenvalue weighted by atomic mass is 16.5. The topological polar surface area (TPSA) is 110 Å². The zero-order chi connectivity index (χ0) is 26.5. The molecule has 4 fully saturated rings. The van der Waals surface area contributed by atoms with Crippen LogP contribution in [0.2, 0.25) is 0 Å². The molecule has 0 aliphatic carbocycles. The fraction of sp³-hybridized carbons (Fsp3) is 0.345. The number of nitrogens with zero attached hydrogens (tertiary/aromatic N) is 9. The van der Waals surface area contributed by atoms with Gasteiger partial charge >= 0.3 is 0 Å². The summed E-state index contributed by atoms with van der Waals surface area (Å²) in [6.07, 6.45) is 8.55. The second-order valence-corrected chi connectivity index (χ2v) is 10.5. The summed E-state index contributed by atoms with van der Waals surface area (Å²) >= 11 is 0. The van der Waals surface area contributed by atoms with Crippen molar-refractivity contribution in [2.24, 2.45) is 5.92 Å². The number of anilines is 2. The van der Waals surface area contributed by atoms with E-state index in [1.165, 1.54) is 12.0 Å². The van der Waals surface area contributed by atoms with Crippen molar-refractivity contribution >= 4 is 17.0 Å².